The Bertz CT molecular complexity index is 545. The minimum Gasteiger partial charge on any atom is -0.488 e. The molecule has 0 aliphatic heterocycles. The molecule has 2 rings (SSSR count). The number of hydrogen-bond donors (Lipinski definition) is 1. The monoisotopic (exact) mass is 275 g/mol. The van der Waals surface area contributed by atoms with Crippen LogP contribution in [-0.2, 0) is 13.0 Å². The summed E-state index contributed by atoms with van der Waals surface area (Å²) in [4.78, 5) is 2.68. The van der Waals surface area contributed by atoms with Crippen molar-refractivity contribution in [3.05, 3.63) is 51.2 Å². The summed E-state index contributed by atoms with van der Waals surface area (Å²) in [6.45, 7) is 6.87. The first-order valence-corrected chi connectivity index (χ1v) is 7.48. The van der Waals surface area contributed by atoms with Crippen molar-refractivity contribution in [3.8, 4) is 5.75 Å². The number of benzene rings is 1. The molecule has 1 aromatic heterocycles. The van der Waals surface area contributed by atoms with Crippen LogP contribution in [0.5, 0.6) is 5.75 Å². The third-order valence-corrected chi connectivity index (χ3v) is 4.36. The standard InChI is InChI=1S/C16H21NOS/c1-4-14-6-7-15(19-14)10-18-16-8-5-13(12(3)17)9-11(16)2/h5-9,12H,4,10,17H2,1-3H3/t12-/m0/s1. The van der Waals surface area contributed by atoms with Crippen molar-refractivity contribution in [1.29, 1.82) is 0 Å². The molecule has 102 valence electrons. The van der Waals surface area contributed by atoms with E-state index in [1.165, 1.54) is 9.75 Å². The Morgan fingerprint density at radius 2 is 1.95 bits per heavy atom. The van der Waals surface area contributed by atoms with Crippen molar-refractivity contribution in [2.75, 3.05) is 0 Å². The normalized spacial score (nSPS) is 12.4. The van der Waals surface area contributed by atoms with Crippen molar-refractivity contribution in [2.45, 2.75) is 39.8 Å². The van der Waals surface area contributed by atoms with Gasteiger partial charge in [-0.25, -0.2) is 0 Å². The van der Waals surface area contributed by atoms with Crippen LogP contribution < -0.4 is 10.5 Å². The topological polar surface area (TPSA) is 35.2 Å². The van der Waals surface area contributed by atoms with Gasteiger partial charge in [0.2, 0.25) is 0 Å². The third-order valence-electron chi connectivity index (χ3n) is 3.16. The molecule has 0 unspecified atom stereocenters. The molecular formula is C16H21NOS. The van der Waals surface area contributed by atoms with Gasteiger partial charge in [0.15, 0.2) is 0 Å². The molecule has 2 nitrogen and oxygen atoms in total. The van der Waals surface area contributed by atoms with E-state index < -0.39 is 0 Å². The number of hydrogen-bond acceptors (Lipinski definition) is 3. The first kappa shape index (κ1) is 14.1. The van der Waals surface area contributed by atoms with Crippen LogP contribution in [0.3, 0.4) is 0 Å². The highest BCUT2D eigenvalue weighted by molar-refractivity contribution is 7.11. The van der Waals surface area contributed by atoms with E-state index in [0.29, 0.717) is 6.61 Å². The summed E-state index contributed by atoms with van der Waals surface area (Å²) < 4.78 is 5.89. The molecule has 0 aliphatic rings. The smallest absolute Gasteiger partial charge is 0.122 e. The Balaban J connectivity index is 2.03. The van der Waals surface area contributed by atoms with Crippen molar-refractivity contribution < 1.29 is 4.74 Å². The lowest BCUT2D eigenvalue weighted by atomic mass is 10.1. The maximum absolute atomic E-state index is 5.89. The van der Waals surface area contributed by atoms with E-state index >= 15 is 0 Å². The molecule has 19 heavy (non-hydrogen) atoms. The van der Waals surface area contributed by atoms with Crippen LogP contribution in [0.1, 0.15) is 40.8 Å². The maximum Gasteiger partial charge on any atom is 0.122 e. The van der Waals surface area contributed by atoms with Crippen molar-refractivity contribution in [2.24, 2.45) is 5.73 Å². The molecule has 0 saturated carbocycles. The van der Waals surface area contributed by atoms with Crippen LogP contribution in [0.15, 0.2) is 30.3 Å². The molecule has 0 fully saturated rings. The second-order valence-corrected chi connectivity index (χ2v) is 6.08. The minimum atomic E-state index is 0.0668. The Hall–Kier alpha value is -1.32. The van der Waals surface area contributed by atoms with Gasteiger partial charge in [0.25, 0.3) is 0 Å². The molecule has 1 aromatic carbocycles. The Labute approximate surface area is 119 Å². The van der Waals surface area contributed by atoms with Crippen LogP contribution in [-0.4, -0.2) is 0 Å². The first-order valence-electron chi connectivity index (χ1n) is 6.66. The molecule has 0 aliphatic carbocycles. The summed E-state index contributed by atoms with van der Waals surface area (Å²) in [5, 5.41) is 0. The molecule has 0 bridgehead atoms. The van der Waals surface area contributed by atoms with Crippen LogP contribution in [0.25, 0.3) is 0 Å². The second kappa shape index (κ2) is 6.22. The van der Waals surface area contributed by atoms with Gasteiger partial charge in [-0.3, -0.25) is 0 Å². The summed E-state index contributed by atoms with van der Waals surface area (Å²) in [6, 6.07) is 10.6. The van der Waals surface area contributed by atoms with Gasteiger partial charge in [-0.1, -0.05) is 19.1 Å². The molecular weight excluding hydrogens is 254 g/mol. The highest BCUT2D eigenvalue weighted by Gasteiger charge is 2.05. The molecule has 2 aromatic rings. The van der Waals surface area contributed by atoms with Gasteiger partial charge in [0.1, 0.15) is 12.4 Å². The third kappa shape index (κ3) is 3.58. The van der Waals surface area contributed by atoms with Crippen molar-refractivity contribution in [1.82, 2.24) is 0 Å². The van der Waals surface area contributed by atoms with Gasteiger partial charge in [-0.2, -0.15) is 0 Å². The highest BCUT2D eigenvalue weighted by atomic mass is 32.1. The number of thiophene rings is 1. The van der Waals surface area contributed by atoms with Gasteiger partial charge >= 0.3 is 0 Å². The van der Waals surface area contributed by atoms with Crippen LogP contribution in [0.4, 0.5) is 0 Å². The predicted octanol–water partition coefficient (Wildman–Crippen LogP) is 4.22. The SMILES string of the molecule is CCc1ccc(COc2ccc([C@H](C)N)cc2C)s1. The Morgan fingerprint density at radius 1 is 1.21 bits per heavy atom. The van der Waals surface area contributed by atoms with Gasteiger partial charge in [0, 0.05) is 15.8 Å². The van der Waals surface area contributed by atoms with E-state index in [-0.39, 0.29) is 6.04 Å². The lowest BCUT2D eigenvalue weighted by Crippen LogP contribution is -2.05. The fourth-order valence-electron chi connectivity index (χ4n) is 1.96. The van der Waals surface area contributed by atoms with Crippen molar-refractivity contribution >= 4 is 11.3 Å². The first-order chi connectivity index (χ1) is 9.10. The predicted molar refractivity (Wildman–Crippen MR) is 81.8 cm³/mol. The van der Waals surface area contributed by atoms with E-state index in [0.717, 1.165) is 23.3 Å². The summed E-state index contributed by atoms with van der Waals surface area (Å²) in [5.41, 5.74) is 8.16. The van der Waals surface area contributed by atoms with Gasteiger partial charge < -0.3 is 10.5 Å². The van der Waals surface area contributed by atoms with Crippen LogP contribution >= 0.6 is 11.3 Å². The van der Waals surface area contributed by atoms with Crippen molar-refractivity contribution in [3.63, 3.8) is 0 Å². The summed E-state index contributed by atoms with van der Waals surface area (Å²) in [6.07, 6.45) is 1.09. The zero-order valence-electron chi connectivity index (χ0n) is 11.8. The highest BCUT2D eigenvalue weighted by Crippen LogP contribution is 2.24. The summed E-state index contributed by atoms with van der Waals surface area (Å²) in [5.74, 6) is 0.941. The zero-order chi connectivity index (χ0) is 13.8. The van der Waals surface area contributed by atoms with Gasteiger partial charge in [0.05, 0.1) is 0 Å². The molecule has 2 N–H and O–H groups in total. The average molecular weight is 275 g/mol. The minimum absolute atomic E-state index is 0.0668. The molecule has 0 amide bonds. The zero-order valence-corrected chi connectivity index (χ0v) is 12.6. The van der Waals surface area contributed by atoms with E-state index in [2.05, 4.69) is 32.0 Å². The molecule has 0 spiro atoms. The van der Waals surface area contributed by atoms with E-state index in [1.54, 1.807) is 0 Å². The maximum atomic E-state index is 5.89. The lowest BCUT2D eigenvalue weighted by molar-refractivity contribution is 0.307. The van der Waals surface area contributed by atoms with E-state index in [1.807, 2.05) is 30.4 Å². The van der Waals surface area contributed by atoms with Gasteiger partial charge in [-0.15, -0.1) is 11.3 Å². The number of aryl methyl sites for hydroxylation is 2. The fourth-order valence-corrected chi connectivity index (χ4v) is 2.83. The number of nitrogens with two attached hydrogens (primary N) is 1. The molecule has 1 atom stereocenters. The van der Waals surface area contributed by atoms with Crippen LogP contribution in [0.2, 0.25) is 0 Å². The molecule has 0 radical (unpaired) electrons. The Kier molecular flexibility index (Phi) is 4.61. The largest absolute Gasteiger partial charge is 0.488 e. The number of ether oxygens (including phenoxy) is 1. The molecule has 0 saturated heterocycles. The summed E-state index contributed by atoms with van der Waals surface area (Å²) >= 11 is 1.82. The average Bonchev–Trinajstić information content (AvgIpc) is 2.85. The second-order valence-electron chi connectivity index (χ2n) is 4.82. The lowest BCUT2D eigenvalue weighted by Gasteiger charge is -2.11. The Morgan fingerprint density at radius 3 is 2.53 bits per heavy atom. The quantitative estimate of drug-likeness (QED) is 0.886. The van der Waals surface area contributed by atoms with E-state index in [9.17, 15) is 0 Å². The van der Waals surface area contributed by atoms with Gasteiger partial charge in [-0.05, 0) is 49.6 Å². The summed E-state index contributed by atoms with van der Waals surface area (Å²) in [7, 11) is 0. The number of rotatable bonds is 5. The fraction of sp³-hybridized carbons (Fsp3) is 0.375. The molecule has 3 heteroatoms. The molecule has 1 heterocycles. The van der Waals surface area contributed by atoms with Crippen LogP contribution in [0, 0.1) is 6.92 Å². The van der Waals surface area contributed by atoms with E-state index in [4.69, 9.17) is 10.5 Å².